The first-order chi connectivity index (χ1) is 8.76. The second-order valence-electron chi connectivity index (χ2n) is 4.10. The average molecular weight is 253 g/mol. The van der Waals surface area contributed by atoms with Gasteiger partial charge in [-0.2, -0.15) is 0 Å². The molecule has 0 aromatic carbocycles. The van der Waals surface area contributed by atoms with Gasteiger partial charge in [0.15, 0.2) is 0 Å². The van der Waals surface area contributed by atoms with E-state index in [0.717, 1.165) is 24.9 Å². The van der Waals surface area contributed by atoms with Crippen LogP contribution in [0.15, 0.2) is 12.4 Å². The number of nitrogens with one attached hydrogen (secondary N) is 1. The second kappa shape index (κ2) is 8.00. The zero-order valence-corrected chi connectivity index (χ0v) is 11.6. The molecule has 0 radical (unpaired) electrons. The van der Waals surface area contributed by atoms with E-state index in [-0.39, 0.29) is 12.1 Å². The molecule has 1 aromatic rings. The van der Waals surface area contributed by atoms with Crippen molar-refractivity contribution in [3.63, 3.8) is 0 Å². The first-order valence-corrected chi connectivity index (χ1v) is 6.38. The Kier molecular flexibility index (Phi) is 6.60. The van der Waals surface area contributed by atoms with Crippen molar-refractivity contribution in [3.05, 3.63) is 18.0 Å². The molecule has 0 aliphatic heterocycles. The van der Waals surface area contributed by atoms with Crippen molar-refractivity contribution < 1.29 is 9.47 Å². The van der Waals surface area contributed by atoms with Gasteiger partial charge in [0.1, 0.15) is 0 Å². The highest BCUT2D eigenvalue weighted by molar-refractivity contribution is 5.14. The molecule has 1 heterocycles. The van der Waals surface area contributed by atoms with Crippen molar-refractivity contribution in [2.75, 3.05) is 20.8 Å². The molecule has 2 unspecified atom stereocenters. The highest BCUT2D eigenvalue weighted by Gasteiger charge is 2.22. The van der Waals surface area contributed by atoms with Crippen LogP contribution in [0.1, 0.15) is 38.3 Å². The molecule has 0 saturated carbocycles. The highest BCUT2D eigenvalue weighted by atomic mass is 16.5. The number of likely N-dealkylation sites (N-methyl/N-ethyl adjacent to an activating group) is 1. The fourth-order valence-corrected chi connectivity index (χ4v) is 1.98. The fourth-order valence-electron chi connectivity index (χ4n) is 1.98. The molecule has 0 amide bonds. The largest absolute Gasteiger partial charge is 0.467 e. The zero-order valence-electron chi connectivity index (χ0n) is 11.6. The Morgan fingerprint density at radius 2 is 1.89 bits per heavy atom. The van der Waals surface area contributed by atoms with E-state index in [2.05, 4.69) is 29.1 Å². The van der Waals surface area contributed by atoms with Gasteiger partial charge in [0.25, 0.3) is 0 Å². The molecule has 102 valence electrons. The van der Waals surface area contributed by atoms with Gasteiger partial charge in [-0.3, -0.25) is 0 Å². The summed E-state index contributed by atoms with van der Waals surface area (Å²) in [6, 6.07) is 0.504. The minimum absolute atomic E-state index is 0.117. The van der Waals surface area contributed by atoms with Crippen molar-refractivity contribution in [2.45, 2.75) is 38.8 Å². The lowest BCUT2D eigenvalue weighted by atomic mass is 10.0. The fraction of sp³-hybridized carbons (Fsp3) is 0.692. The van der Waals surface area contributed by atoms with Gasteiger partial charge in [-0.05, 0) is 13.0 Å². The highest BCUT2D eigenvalue weighted by Crippen LogP contribution is 2.21. The van der Waals surface area contributed by atoms with Crippen LogP contribution < -0.4 is 10.1 Å². The van der Waals surface area contributed by atoms with Gasteiger partial charge in [0.05, 0.1) is 19.3 Å². The van der Waals surface area contributed by atoms with Gasteiger partial charge in [-0.25, -0.2) is 9.97 Å². The van der Waals surface area contributed by atoms with Crippen molar-refractivity contribution in [1.29, 1.82) is 0 Å². The Morgan fingerprint density at radius 3 is 2.33 bits per heavy atom. The minimum atomic E-state index is 0.117. The first kappa shape index (κ1) is 14.9. The number of rotatable bonds is 8. The molecule has 0 aliphatic carbocycles. The summed E-state index contributed by atoms with van der Waals surface area (Å²) >= 11 is 0. The van der Waals surface area contributed by atoms with Crippen molar-refractivity contribution in [2.24, 2.45) is 0 Å². The van der Waals surface area contributed by atoms with E-state index in [4.69, 9.17) is 9.47 Å². The van der Waals surface area contributed by atoms with E-state index in [9.17, 15) is 0 Å². The topological polar surface area (TPSA) is 56.3 Å². The summed E-state index contributed by atoms with van der Waals surface area (Å²) in [5.74, 6) is 0. The van der Waals surface area contributed by atoms with E-state index < -0.39 is 0 Å². The van der Waals surface area contributed by atoms with Crippen molar-refractivity contribution in [1.82, 2.24) is 15.3 Å². The zero-order chi connectivity index (χ0) is 13.4. The molecule has 1 aromatic heterocycles. The lowest BCUT2D eigenvalue weighted by Gasteiger charge is -2.26. The van der Waals surface area contributed by atoms with Crippen LogP contribution in [0.5, 0.6) is 6.01 Å². The van der Waals surface area contributed by atoms with E-state index in [0.29, 0.717) is 6.01 Å². The van der Waals surface area contributed by atoms with Crippen LogP contribution >= 0.6 is 0 Å². The van der Waals surface area contributed by atoms with Gasteiger partial charge in [0, 0.05) is 25.1 Å². The smallest absolute Gasteiger partial charge is 0.316 e. The summed E-state index contributed by atoms with van der Waals surface area (Å²) in [5, 5.41) is 3.43. The van der Waals surface area contributed by atoms with Crippen LogP contribution in [0.3, 0.4) is 0 Å². The molecule has 18 heavy (non-hydrogen) atoms. The van der Waals surface area contributed by atoms with E-state index in [1.807, 2.05) is 0 Å². The summed E-state index contributed by atoms with van der Waals surface area (Å²) in [6.07, 6.45) is 5.80. The molecule has 0 fully saturated rings. The summed E-state index contributed by atoms with van der Waals surface area (Å²) in [6.45, 7) is 5.11. The lowest BCUT2D eigenvalue weighted by molar-refractivity contribution is 0.0608. The summed E-state index contributed by atoms with van der Waals surface area (Å²) < 4.78 is 10.5. The Balaban J connectivity index is 2.87. The number of aromatic nitrogens is 2. The van der Waals surface area contributed by atoms with Gasteiger partial charge in [-0.1, -0.05) is 20.3 Å². The molecule has 0 aliphatic rings. The molecule has 0 saturated heterocycles. The number of methoxy groups -OCH3 is 2. The van der Waals surface area contributed by atoms with Crippen molar-refractivity contribution >= 4 is 0 Å². The third-order valence-electron chi connectivity index (χ3n) is 2.86. The standard InChI is InChI=1S/C13H23N3O2/c1-5-7-11(17-3)12(14-6-2)10-8-15-13(18-4)16-9-10/h8-9,11-12,14H,5-7H2,1-4H3. The minimum Gasteiger partial charge on any atom is -0.467 e. The molecule has 0 spiro atoms. The molecule has 1 N–H and O–H groups in total. The molecular weight excluding hydrogens is 230 g/mol. The first-order valence-electron chi connectivity index (χ1n) is 6.38. The van der Waals surface area contributed by atoms with Crippen LogP contribution in [-0.4, -0.2) is 36.8 Å². The Bertz CT molecular complexity index is 330. The van der Waals surface area contributed by atoms with E-state index in [1.54, 1.807) is 26.6 Å². The number of hydrogen-bond acceptors (Lipinski definition) is 5. The van der Waals surface area contributed by atoms with E-state index in [1.165, 1.54) is 0 Å². The number of ether oxygens (including phenoxy) is 2. The monoisotopic (exact) mass is 253 g/mol. The Hall–Kier alpha value is -1.20. The number of nitrogens with zero attached hydrogens (tertiary/aromatic N) is 2. The predicted molar refractivity (Wildman–Crippen MR) is 70.7 cm³/mol. The Morgan fingerprint density at radius 1 is 1.22 bits per heavy atom. The molecule has 0 bridgehead atoms. The molecule has 1 rings (SSSR count). The quantitative estimate of drug-likeness (QED) is 0.767. The van der Waals surface area contributed by atoms with E-state index >= 15 is 0 Å². The third kappa shape index (κ3) is 3.92. The lowest BCUT2D eigenvalue weighted by Crippen LogP contribution is -2.33. The van der Waals surface area contributed by atoms with Crippen LogP contribution in [0.4, 0.5) is 0 Å². The van der Waals surface area contributed by atoms with Crippen LogP contribution in [0, 0.1) is 0 Å². The number of hydrogen-bond donors (Lipinski definition) is 1. The van der Waals surface area contributed by atoms with Gasteiger partial charge in [0.2, 0.25) is 0 Å². The normalized spacial score (nSPS) is 14.2. The maximum absolute atomic E-state index is 5.57. The third-order valence-corrected chi connectivity index (χ3v) is 2.86. The molecule has 5 nitrogen and oxygen atoms in total. The molecule has 5 heteroatoms. The SMILES string of the molecule is CCCC(OC)C(NCC)c1cnc(OC)nc1. The summed E-state index contributed by atoms with van der Waals surface area (Å²) in [5.41, 5.74) is 1.03. The molecular formula is C13H23N3O2. The predicted octanol–water partition coefficient (Wildman–Crippen LogP) is 1.95. The summed E-state index contributed by atoms with van der Waals surface area (Å²) in [4.78, 5) is 8.30. The van der Waals surface area contributed by atoms with Crippen LogP contribution in [-0.2, 0) is 4.74 Å². The van der Waals surface area contributed by atoms with Crippen molar-refractivity contribution in [3.8, 4) is 6.01 Å². The molecule has 2 atom stereocenters. The Labute approximate surface area is 109 Å². The van der Waals surface area contributed by atoms with Crippen LogP contribution in [0.2, 0.25) is 0 Å². The van der Waals surface area contributed by atoms with Gasteiger partial charge in [-0.15, -0.1) is 0 Å². The summed E-state index contributed by atoms with van der Waals surface area (Å²) in [7, 11) is 3.31. The maximum Gasteiger partial charge on any atom is 0.316 e. The van der Waals surface area contributed by atoms with Gasteiger partial charge < -0.3 is 14.8 Å². The average Bonchev–Trinajstić information content (AvgIpc) is 2.43. The van der Waals surface area contributed by atoms with Crippen LogP contribution in [0.25, 0.3) is 0 Å². The van der Waals surface area contributed by atoms with Gasteiger partial charge >= 0.3 is 6.01 Å². The maximum atomic E-state index is 5.57. The second-order valence-corrected chi connectivity index (χ2v) is 4.10.